The summed E-state index contributed by atoms with van der Waals surface area (Å²) in [5.74, 6) is 2.19. The van der Waals surface area contributed by atoms with Crippen LogP contribution in [0.4, 0.5) is 0 Å². The Labute approximate surface area is 282 Å². The summed E-state index contributed by atoms with van der Waals surface area (Å²) in [6.07, 6.45) is 14.9. The van der Waals surface area contributed by atoms with Crippen LogP contribution in [0, 0.1) is 19.3 Å². The third-order valence-electron chi connectivity index (χ3n) is 4.10. The van der Waals surface area contributed by atoms with Gasteiger partial charge < -0.3 is 53.4 Å². The molecule has 0 bridgehead atoms. The van der Waals surface area contributed by atoms with Crippen LogP contribution in [-0.2, 0) is 85.3 Å². The van der Waals surface area contributed by atoms with Crippen molar-refractivity contribution in [2.45, 2.75) is 78.1 Å². The zero-order valence-corrected chi connectivity index (χ0v) is 28.8. The minimum atomic E-state index is 0. The summed E-state index contributed by atoms with van der Waals surface area (Å²) in [4.78, 5) is 69.8. The maximum Gasteiger partial charge on any atom is 1.00 e. The molecule has 0 radical (unpaired) electrons. The molecule has 0 aromatic carbocycles. The molecule has 13 heteroatoms. The molecule has 2 rings (SSSR count). The van der Waals surface area contributed by atoms with Crippen LogP contribution in [0.3, 0.4) is 0 Å². The predicted molar refractivity (Wildman–Crippen MR) is 134 cm³/mol. The molecule has 2 aliphatic carbocycles. The van der Waals surface area contributed by atoms with E-state index < -0.39 is 0 Å². The van der Waals surface area contributed by atoms with E-state index in [0.29, 0.717) is 0 Å². The second kappa shape index (κ2) is 175. The summed E-state index contributed by atoms with van der Waals surface area (Å²) in [6, 6.07) is 0. The molecular formula is C24H42Li2O9W2-10. The minimum Gasteiger partial charge on any atom is -1.00 e. The van der Waals surface area contributed by atoms with Crippen molar-refractivity contribution in [2.24, 2.45) is 11.8 Å². The molecule has 0 heterocycles. The quantitative estimate of drug-likeness (QED) is 0.165. The molecule has 0 saturated heterocycles. The van der Waals surface area contributed by atoms with E-state index in [9.17, 15) is 0 Å². The van der Waals surface area contributed by atoms with E-state index in [2.05, 4.69) is 74.9 Å². The summed E-state index contributed by atoms with van der Waals surface area (Å²) in [7, 11) is 0. The molecule has 37 heavy (non-hydrogen) atoms. The molecule has 0 aromatic heterocycles. The Bertz CT molecular complexity index is 237. The molecule has 0 aromatic rings. The summed E-state index contributed by atoms with van der Waals surface area (Å²) in [6.45, 7) is 33.9. The molecule has 0 spiro atoms. The Morgan fingerprint density at radius 1 is 0.432 bits per heavy atom. The molecule has 0 atom stereocenters. The Morgan fingerprint density at radius 2 is 0.541 bits per heavy atom. The largest absolute Gasteiger partial charge is 1.00 e. The van der Waals surface area contributed by atoms with Gasteiger partial charge in [-0.1, -0.05) is 78.1 Å². The SMILES string of the molecule is CCC1CCCC1.CCC1CCCC1.[CH-]=O.[CH-]=O.[CH-]=O.[CH-]=O.[CH-]=O.[CH-]=O.[CH-]=O.[CH-]=O.[CH-]=O.[CH3-].[H-].[H-].[Li+].[Li+].[W].[W]. The van der Waals surface area contributed by atoms with Crippen molar-refractivity contribution < 1.29 is 126 Å². The summed E-state index contributed by atoms with van der Waals surface area (Å²) >= 11 is 0. The molecule has 9 nitrogen and oxygen atoms in total. The van der Waals surface area contributed by atoms with Crippen molar-refractivity contribution >= 4 is 61.1 Å². The van der Waals surface area contributed by atoms with Crippen molar-refractivity contribution in [2.75, 3.05) is 0 Å². The average Bonchev–Trinajstić information content (AvgIpc) is 3.69. The molecule has 2 saturated carbocycles. The van der Waals surface area contributed by atoms with Crippen LogP contribution in [0.25, 0.3) is 0 Å². The van der Waals surface area contributed by atoms with Crippen molar-refractivity contribution in [3.8, 4) is 0 Å². The van der Waals surface area contributed by atoms with Gasteiger partial charge in [0.25, 0.3) is 0 Å². The van der Waals surface area contributed by atoms with Gasteiger partial charge in [-0.25, -0.2) is 0 Å². The van der Waals surface area contributed by atoms with E-state index in [-0.39, 0.29) is 90.1 Å². The van der Waals surface area contributed by atoms with E-state index in [1.165, 1.54) is 64.2 Å². The van der Waals surface area contributed by atoms with Gasteiger partial charge >= 0.3 is 37.7 Å². The molecular weight excluding hydrogens is 814 g/mol. The van der Waals surface area contributed by atoms with Gasteiger partial charge in [0.05, 0.1) is 0 Å². The number of hydrogen-bond donors (Lipinski definition) is 0. The van der Waals surface area contributed by atoms with Gasteiger partial charge in [-0.3, -0.25) is 61.1 Å². The third kappa shape index (κ3) is 130. The van der Waals surface area contributed by atoms with Crippen molar-refractivity contribution in [1.29, 1.82) is 0 Å². The first-order chi connectivity index (χ1) is 15.9. The first-order valence-electron chi connectivity index (χ1n) is 8.99. The van der Waals surface area contributed by atoms with Gasteiger partial charge in [-0.2, -0.15) is 0 Å². The number of carbonyl (C=O) groups excluding carboxylic acids is 9. The third-order valence-corrected chi connectivity index (χ3v) is 4.10. The molecule has 0 amide bonds. The predicted octanol–water partition coefficient (Wildman–Crippen LogP) is -2.62. The van der Waals surface area contributed by atoms with Crippen LogP contribution in [0.2, 0.25) is 0 Å². The molecule has 2 fully saturated rings. The van der Waals surface area contributed by atoms with E-state index in [1.807, 2.05) is 0 Å². The van der Waals surface area contributed by atoms with Crippen LogP contribution in [-0.4, -0.2) is 61.1 Å². The topological polar surface area (TPSA) is 154 Å². The fraction of sp³-hybridized carbons (Fsp3) is 0.583. The van der Waals surface area contributed by atoms with E-state index >= 15 is 0 Å². The van der Waals surface area contributed by atoms with Crippen molar-refractivity contribution in [3.63, 3.8) is 0 Å². The van der Waals surface area contributed by atoms with Gasteiger partial charge in [0.15, 0.2) is 0 Å². The van der Waals surface area contributed by atoms with Gasteiger partial charge in [0.1, 0.15) is 0 Å². The van der Waals surface area contributed by atoms with Crippen LogP contribution in [0.15, 0.2) is 0 Å². The second-order valence-corrected chi connectivity index (χ2v) is 5.12. The Kier molecular flexibility index (Phi) is 430. The fourth-order valence-corrected chi connectivity index (χ4v) is 2.84. The monoisotopic (exact) mass is 856 g/mol. The number of rotatable bonds is 2. The fourth-order valence-electron chi connectivity index (χ4n) is 2.84. The molecule has 2 aliphatic rings. The summed E-state index contributed by atoms with van der Waals surface area (Å²) in [5.41, 5.74) is 0. The molecule has 0 N–H and O–H groups in total. The van der Waals surface area contributed by atoms with E-state index in [1.54, 1.807) is 0 Å². The smallest absolute Gasteiger partial charge is 1.00 e. The van der Waals surface area contributed by atoms with Crippen LogP contribution >= 0.6 is 0 Å². The van der Waals surface area contributed by atoms with E-state index in [0.717, 1.165) is 11.8 Å². The summed E-state index contributed by atoms with van der Waals surface area (Å²) < 4.78 is 0. The maximum absolute atomic E-state index is 7.75. The zero-order chi connectivity index (χ0) is 28.2. The van der Waals surface area contributed by atoms with Crippen LogP contribution in [0.1, 0.15) is 80.9 Å². The normalized spacial score (nSPS) is 9.89. The van der Waals surface area contributed by atoms with Crippen molar-refractivity contribution in [1.82, 2.24) is 0 Å². The summed E-state index contributed by atoms with van der Waals surface area (Å²) in [5, 5.41) is 0. The zero-order valence-electron chi connectivity index (χ0n) is 24.9. The van der Waals surface area contributed by atoms with Crippen LogP contribution < -0.4 is 37.7 Å². The maximum atomic E-state index is 7.75. The van der Waals surface area contributed by atoms with E-state index in [4.69, 9.17) is 43.2 Å². The minimum absolute atomic E-state index is 0. The molecule has 0 unspecified atom stereocenters. The second-order valence-electron chi connectivity index (χ2n) is 5.12. The standard InChI is InChI=1S/2C7H14.9CHO.CH3.2Li.2W.2H/c2*1-2-7-5-3-4-6-7;9*1-2;;;;;;;/h2*7H,2-6H2,1H3;9*1H;1H3;;;;;;/q;;10*-1;2*+1;;;2*-1. The number of hydrogen-bond acceptors (Lipinski definition) is 9. The molecule has 216 valence electrons. The Balaban J connectivity index is -0.0000000112. The van der Waals surface area contributed by atoms with Gasteiger partial charge in [0, 0.05) is 42.1 Å². The first kappa shape index (κ1) is 90.8. The Morgan fingerprint density at radius 3 is 0.595 bits per heavy atom. The molecule has 0 aliphatic heterocycles. The van der Waals surface area contributed by atoms with Gasteiger partial charge in [0.2, 0.25) is 0 Å². The van der Waals surface area contributed by atoms with Crippen molar-refractivity contribution in [3.05, 3.63) is 7.43 Å². The average molecular weight is 856 g/mol. The van der Waals surface area contributed by atoms with Gasteiger partial charge in [-0.15, -0.1) is 0 Å². The first-order valence-corrected chi connectivity index (χ1v) is 8.99. The van der Waals surface area contributed by atoms with Gasteiger partial charge in [-0.05, 0) is 11.8 Å². The van der Waals surface area contributed by atoms with Crippen LogP contribution in [0.5, 0.6) is 0 Å². The Hall–Kier alpha value is -0.399.